The third kappa shape index (κ3) is 5.68. The van der Waals surface area contributed by atoms with Crippen molar-refractivity contribution in [2.24, 2.45) is 4.99 Å². The molecule has 0 unspecified atom stereocenters. The summed E-state index contributed by atoms with van der Waals surface area (Å²) >= 11 is 0. The van der Waals surface area contributed by atoms with Crippen molar-refractivity contribution < 1.29 is 19.8 Å². The van der Waals surface area contributed by atoms with Gasteiger partial charge in [-0.25, -0.2) is 9.79 Å². The summed E-state index contributed by atoms with van der Waals surface area (Å²) in [6.07, 6.45) is 0. The number of aromatic amines is 1. The fourth-order valence-electron chi connectivity index (χ4n) is 4.83. The van der Waals surface area contributed by atoms with Crippen molar-refractivity contribution in [3.8, 4) is 5.88 Å². The molecule has 2 heterocycles. The number of nitrogens with zero attached hydrogens (tertiary/aromatic N) is 4. The van der Waals surface area contributed by atoms with E-state index in [0.29, 0.717) is 45.7 Å². The SMILES string of the molecule is CN1CCN(CC(=O)N(C)c2ccc(N=C(c3cccc(N)c3)c3c(O)[nH]c4ccc(C(=O)O)cc34)cc2)CC1. The largest absolute Gasteiger partial charge is 0.494 e. The fourth-order valence-corrected chi connectivity index (χ4v) is 4.83. The number of aromatic carboxylic acids is 1. The quantitative estimate of drug-likeness (QED) is 0.208. The van der Waals surface area contributed by atoms with Crippen LogP contribution in [0.4, 0.5) is 17.1 Å². The average Bonchev–Trinajstić information content (AvgIpc) is 3.27. The minimum absolute atomic E-state index is 0.0132. The minimum Gasteiger partial charge on any atom is -0.494 e. The summed E-state index contributed by atoms with van der Waals surface area (Å²) in [5, 5.41) is 21.0. The number of hydrogen-bond acceptors (Lipinski definition) is 7. The van der Waals surface area contributed by atoms with Crippen LogP contribution < -0.4 is 10.6 Å². The molecule has 10 heteroatoms. The highest BCUT2D eigenvalue weighted by Crippen LogP contribution is 2.33. The van der Waals surface area contributed by atoms with E-state index in [0.717, 1.165) is 31.9 Å². The van der Waals surface area contributed by atoms with E-state index >= 15 is 0 Å². The van der Waals surface area contributed by atoms with E-state index in [-0.39, 0.29) is 17.4 Å². The number of hydrogen-bond donors (Lipinski definition) is 4. The Morgan fingerprint density at radius 3 is 2.40 bits per heavy atom. The van der Waals surface area contributed by atoms with E-state index in [1.807, 2.05) is 18.2 Å². The third-order valence-corrected chi connectivity index (χ3v) is 7.23. The molecule has 0 atom stereocenters. The lowest BCUT2D eigenvalue weighted by Gasteiger charge is -2.32. The van der Waals surface area contributed by atoms with Crippen LogP contribution in [0.15, 0.2) is 71.7 Å². The molecular formula is C30H32N6O4. The number of carbonyl (C=O) groups is 2. The number of likely N-dealkylation sites (N-methyl/N-ethyl adjacent to an activating group) is 2. The second-order valence-corrected chi connectivity index (χ2v) is 10.0. The second kappa shape index (κ2) is 11.2. The van der Waals surface area contributed by atoms with Gasteiger partial charge in [-0.15, -0.1) is 0 Å². The lowest BCUT2D eigenvalue weighted by Crippen LogP contribution is -2.48. The van der Waals surface area contributed by atoms with E-state index in [4.69, 9.17) is 10.7 Å². The number of nitrogen functional groups attached to an aromatic ring is 1. The molecule has 1 aliphatic heterocycles. The normalized spacial score (nSPS) is 14.9. The minimum atomic E-state index is -1.07. The van der Waals surface area contributed by atoms with Gasteiger partial charge in [0.1, 0.15) is 0 Å². The Morgan fingerprint density at radius 2 is 1.73 bits per heavy atom. The molecular weight excluding hydrogens is 508 g/mol. The van der Waals surface area contributed by atoms with Crippen molar-refractivity contribution in [3.05, 3.63) is 83.4 Å². The third-order valence-electron chi connectivity index (χ3n) is 7.23. The molecule has 206 valence electrons. The van der Waals surface area contributed by atoms with Gasteiger partial charge >= 0.3 is 5.97 Å². The number of benzene rings is 3. The number of aromatic hydroxyl groups is 1. The van der Waals surface area contributed by atoms with Gasteiger partial charge < -0.3 is 30.7 Å². The maximum Gasteiger partial charge on any atom is 0.335 e. The van der Waals surface area contributed by atoms with Gasteiger partial charge in [0.2, 0.25) is 5.91 Å². The summed E-state index contributed by atoms with van der Waals surface area (Å²) in [5.41, 5.74) is 10.0. The Bertz CT molecular complexity index is 1590. The molecule has 1 saturated heterocycles. The summed E-state index contributed by atoms with van der Waals surface area (Å²) in [4.78, 5) is 38.4. The zero-order valence-corrected chi connectivity index (χ0v) is 22.5. The molecule has 0 spiro atoms. The first-order valence-electron chi connectivity index (χ1n) is 13.0. The zero-order valence-electron chi connectivity index (χ0n) is 22.5. The highest BCUT2D eigenvalue weighted by molar-refractivity contribution is 6.22. The standard InChI is InChI=1S/C30H32N6O4/c1-34-12-14-36(15-13-34)18-26(37)35(2)23-9-7-22(8-10-23)32-28(19-4-3-5-21(31)16-19)27-24-17-20(30(39)40)6-11-25(24)33-29(27)38/h3-11,16-17,33,38H,12-15,18,31H2,1-2H3,(H,39,40). The van der Waals surface area contributed by atoms with E-state index in [2.05, 4.69) is 21.8 Å². The molecule has 1 aliphatic rings. The van der Waals surface area contributed by atoms with Crippen LogP contribution in [0.25, 0.3) is 10.9 Å². The summed E-state index contributed by atoms with van der Waals surface area (Å²) in [5.74, 6) is -1.19. The van der Waals surface area contributed by atoms with E-state index < -0.39 is 5.97 Å². The van der Waals surface area contributed by atoms with Gasteiger partial charge in [-0.1, -0.05) is 12.1 Å². The molecule has 0 bridgehead atoms. The highest BCUT2D eigenvalue weighted by atomic mass is 16.4. The van der Waals surface area contributed by atoms with Crippen LogP contribution in [0.2, 0.25) is 0 Å². The molecule has 5 N–H and O–H groups in total. The van der Waals surface area contributed by atoms with Crippen LogP contribution in [0.3, 0.4) is 0 Å². The Morgan fingerprint density at radius 1 is 1.00 bits per heavy atom. The number of carboxylic acid groups (broad SMARTS) is 1. The number of aliphatic imine (C=N–C) groups is 1. The summed E-state index contributed by atoms with van der Waals surface area (Å²) in [6.45, 7) is 3.99. The van der Waals surface area contributed by atoms with Crippen molar-refractivity contribution >= 4 is 45.6 Å². The van der Waals surface area contributed by atoms with Crippen molar-refractivity contribution in [2.75, 3.05) is 57.5 Å². The Labute approximate surface area is 232 Å². The van der Waals surface area contributed by atoms with E-state index in [9.17, 15) is 19.8 Å². The monoisotopic (exact) mass is 540 g/mol. The first-order chi connectivity index (χ1) is 19.2. The molecule has 4 aromatic rings. The number of nitrogens with one attached hydrogen (secondary N) is 1. The van der Waals surface area contributed by atoms with E-state index in [1.165, 1.54) is 12.1 Å². The molecule has 1 fully saturated rings. The van der Waals surface area contributed by atoms with Crippen molar-refractivity contribution in [1.29, 1.82) is 0 Å². The van der Waals surface area contributed by atoms with Gasteiger partial charge in [0.05, 0.1) is 29.1 Å². The smallest absolute Gasteiger partial charge is 0.335 e. The van der Waals surface area contributed by atoms with Gasteiger partial charge in [-0.3, -0.25) is 9.69 Å². The van der Waals surface area contributed by atoms with Crippen molar-refractivity contribution in [1.82, 2.24) is 14.8 Å². The maximum absolute atomic E-state index is 12.9. The summed E-state index contributed by atoms with van der Waals surface area (Å²) in [7, 11) is 3.85. The fraction of sp³-hybridized carbons (Fsp3) is 0.233. The van der Waals surface area contributed by atoms with Crippen molar-refractivity contribution in [3.63, 3.8) is 0 Å². The number of H-pyrrole nitrogens is 1. The molecule has 1 amide bonds. The summed E-state index contributed by atoms with van der Waals surface area (Å²) < 4.78 is 0. The van der Waals surface area contributed by atoms with Crippen LogP contribution >= 0.6 is 0 Å². The Hall–Kier alpha value is -4.67. The number of anilines is 2. The topological polar surface area (TPSA) is 138 Å². The lowest BCUT2D eigenvalue weighted by atomic mass is 9.99. The van der Waals surface area contributed by atoms with Gasteiger partial charge in [0.25, 0.3) is 0 Å². The molecule has 5 rings (SSSR count). The number of amides is 1. The first-order valence-corrected chi connectivity index (χ1v) is 13.0. The van der Waals surface area contributed by atoms with Gasteiger partial charge in [0, 0.05) is 61.1 Å². The predicted octanol–water partition coefficient (Wildman–Crippen LogP) is 3.53. The van der Waals surface area contributed by atoms with Crippen LogP contribution in [-0.2, 0) is 4.79 Å². The van der Waals surface area contributed by atoms with Gasteiger partial charge in [-0.2, -0.15) is 0 Å². The maximum atomic E-state index is 12.9. The van der Waals surface area contributed by atoms with Crippen LogP contribution in [0.5, 0.6) is 5.88 Å². The summed E-state index contributed by atoms with van der Waals surface area (Å²) in [6, 6.07) is 19.0. The number of fused-ring (bicyclic) bond motifs is 1. The Balaban J connectivity index is 1.48. The van der Waals surface area contributed by atoms with Crippen LogP contribution in [-0.4, -0.2) is 89.4 Å². The predicted molar refractivity (Wildman–Crippen MR) is 157 cm³/mol. The Kier molecular flexibility index (Phi) is 7.54. The van der Waals surface area contributed by atoms with Crippen molar-refractivity contribution in [2.45, 2.75) is 0 Å². The second-order valence-electron chi connectivity index (χ2n) is 10.0. The molecule has 3 aromatic carbocycles. The molecule has 10 nitrogen and oxygen atoms in total. The first kappa shape index (κ1) is 26.9. The number of aromatic nitrogens is 1. The van der Waals surface area contributed by atoms with Gasteiger partial charge in [-0.05, 0) is 61.6 Å². The van der Waals surface area contributed by atoms with Crippen LogP contribution in [0, 0.1) is 0 Å². The lowest BCUT2D eigenvalue weighted by molar-refractivity contribution is -0.119. The molecule has 40 heavy (non-hydrogen) atoms. The van der Waals surface area contributed by atoms with Crippen LogP contribution in [0.1, 0.15) is 21.5 Å². The molecule has 0 aliphatic carbocycles. The number of nitrogens with two attached hydrogens (primary N) is 1. The number of carboxylic acids is 1. The zero-order chi connectivity index (χ0) is 28.4. The highest BCUT2D eigenvalue weighted by Gasteiger charge is 2.21. The molecule has 1 aromatic heterocycles. The number of rotatable bonds is 7. The molecule has 0 radical (unpaired) electrons. The number of piperazine rings is 1. The van der Waals surface area contributed by atoms with Gasteiger partial charge in [0.15, 0.2) is 5.88 Å². The van der Waals surface area contributed by atoms with E-state index in [1.54, 1.807) is 48.3 Å². The molecule has 0 saturated carbocycles. The average molecular weight is 541 g/mol. The number of carbonyl (C=O) groups excluding carboxylic acids is 1.